The van der Waals surface area contributed by atoms with Crippen molar-refractivity contribution in [2.45, 2.75) is 25.4 Å². The first kappa shape index (κ1) is 12.9. The number of hydrogen-bond donors (Lipinski definition) is 0. The smallest absolute Gasteiger partial charge is 0.223 e. The van der Waals surface area contributed by atoms with E-state index in [1.807, 2.05) is 25.1 Å². The summed E-state index contributed by atoms with van der Waals surface area (Å²) in [5.41, 5.74) is 1.98. The number of hydrogen-bond acceptors (Lipinski definition) is 4. The molecular weight excluding hydrogens is 250 g/mol. The summed E-state index contributed by atoms with van der Waals surface area (Å²) in [5, 5.41) is 0. The zero-order valence-electron chi connectivity index (χ0n) is 12.3. The van der Waals surface area contributed by atoms with Crippen molar-refractivity contribution in [2.75, 3.05) is 19.0 Å². The Labute approximate surface area is 119 Å². The fraction of sp³-hybridized carbons (Fsp3) is 0.375. The minimum absolute atomic E-state index is 0.136. The van der Waals surface area contributed by atoms with Gasteiger partial charge in [0, 0.05) is 14.1 Å². The van der Waals surface area contributed by atoms with Gasteiger partial charge in [-0.3, -0.25) is 0 Å². The Morgan fingerprint density at radius 2 is 1.80 bits per heavy atom. The van der Waals surface area contributed by atoms with Crippen LogP contribution in [-0.4, -0.2) is 29.7 Å². The van der Waals surface area contributed by atoms with E-state index in [1.54, 1.807) is 6.33 Å². The molecule has 2 heterocycles. The zero-order chi connectivity index (χ0) is 14.3. The molecule has 4 nitrogen and oxygen atoms in total. The van der Waals surface area contributed by atoms with E-state index < -0.39 is 0 Å². The Kier molecular flexibility index (Phi) is 2.89. The summed E-state index contributed by atoms with van der Waals surface area (Å²) >= 11 is 0. The van der Waals surface area contributed by atoms with Gasteiger partial charge >= 0.3 is 0 Å². The molecule has 1 aliphatic heterocycles. The summed E-state index contributed by atoms with van der Waals surface area (Å²) in [6.45, 7) is 4.21. The molecule has 0 fully saturated rings. The summed E-state index contributed by atoms with van der Waals surface area (Å²) in [4.78, 5) is 10.8. The maximum Gasteiger partial charge on any atom is 0.223 e. The number of benzene rings is 1. The van der Waals surface area contributed by atoms with Gasteiger partial charge in [0.05, 0.1) is 11.5 Å². The SMILES string of the molecule is CN(C)c1ncnc2c1C(c1ccccc1)C(C)(C)O2. The van der Waals surface area contributed by atoms with Crippen molar-refractivity contribution < 1.29 is 4.74 Å². The van der Waals surface area contributed by atoms with Gasteiger partial charge < -0.3 is 9.64 Å². The number of anilines is 1. The zero-order valence-corrected chi connectivity index (χ0v) is 12.3. The third-order valence-electron chi connectivity index (χ3n) is 3.73. The third-order valence-corrected chi connectivity index (χ3v) is 3.73. The van der Waals surface area contributed by atoms with Gasteiger partial charge in [-0.05, 0) is 19.4 Å². The molecule has 0 spiro atoms. The number of ether oxygens (including phenoxy) is 1. The lowest BCUT2D eigenvalue weighted by molar-refractivity contribution is 0.117. The van der Waals surface area contributed by atoms with E-state index in [4.69, 9.17) is 4.74 Å². The van der Waals surface area contributed by atoms with Gasteiger partial charge in [0.1, 0.15) is 17.7 Å². The second-order valence-corrected chi connectivity index (χ2v) is 5.86. The highest BCUT2D eigenvalue weighted by atomic mass is 16.5. The molecule has 0 N–H and O–H groups in total. The fourth-order valence-corrected chi connectivity index (χ4v) is 2.93. The summed E-state index contributed by atoms with van der Waals surface area (Å²) in [6, 6.07) is 10.4. The average Bonchev–Trinajstić information content (AvgIpc) is 2.68. The minimum Gasteiger partial charge on any atom is -0.470 e. The number of fused-ring (bicyclic) bond motifs is 1. The average molecular weight is 269 g/mol. The molecule has 0 saturated heterocycles. The first-order chi connectivity index (χ1) is 9.50. The highest BCUT2D eigenvalue weighted by Crippen LogP contribution is 2.49. The van der Waals surface area contributed by atoms with Gasteiger partial charge in [-0.15, -0.1) is 0 Å². The van der Waals surface area contributed by atoms with Crippen LogP contribution in [-0.2, 0) is 0 Å². The van der Waals surface area contributed by atoms with Gasteiger partial charge in [0.2, 0.25) is 5.88 Å². The van der Waals surface area contributed by atoms with Crippen molar-refractivity contribution in [2.24, 2.45) is 0 Å². The number of nitrogens with zero attached hydrogens (tertiary/aromatic N) is 3. The first-order valence-corrected chi connectivity index (χ1v) is 6.77. The van der Waals surface area contributed by atoms with Crippen LogP contribution in [0.25, 0.3) is 0 Å². The Balaban J connectivity index is 2.21. The Bertz CT molecular complexity index is 623. The van der Waals surface area contributed by atoms with Crippen LogP contribution in [0.2, 0.25) is 0 Å². The Morgan fingerprint density at radius 1 is 1.10 bits per heavy atom. The van der Waals surface area contributed by atoms with Crippen molar-refractivity contribution in [1.29, 1.82) is 0 Å². The highest BCUT2D eigenvalue weighted by molar-refractivity contribution is 5.58. The standard InChI is InChI=1S/C16H19N3O/c1-16(2)13(11-8-6-5-7-9-11)12-14(19(3)4)17-10-18-15(12)20-16/h5-10,13H,1-4H3. The molecule has 0 amide bonds. The summed E-state index contributed by atoms with van der Waals surface area (Å²) < 4.78 is 6.07. The van der Waals surface area contributed by atoms with E-state index >= 15 is 0 Å². The quantitative estimate of drug-likeness (QED) is 0.840. The lowest BCUT2D eigenvalue weighted by Crippen LogP contribution is -2.31. The van der Waals surface area contributed by atoms with Crippen molar-refractivity contribution in [3.63, 3.8) is 0 Å². The molecule has 0 bridgehead atoms. The maximum atomic E-state index is 6.07. The van der Waals surface area contributed by atoms with Crippen molar-refractivity contribution in [3.8, 4) is 5.88 Å². The second-order valence-electron chi connectivity index (χ2n) is 5.86. The largest absolute Gasteiger partial charge is 0.470 e. The van der Waals surface area contributed by atoms with Crippen LogP contribution in [0.15, 0.2) is 36.7 Å². The lowest BCUT2D eigenvalue weighted by Gasteiger charge is -2.27. The third kappa shape index (κ3) is 1.92. The molecule has 3 rings (SSSR count). The molecule has 20 heavy (non-hydrogen) atoms. The van der Waals surface area contributed by atoms with E-state index in [0.717, 1.165) is 11.4 Å². The van der Waals surface area contributed by atoms with Crippen LogP contribution in [0.1, 0.15) is 30.9 Å². The van der Waals surface area contributed by atoms with Crippen molar-refractivity contribution in [3.05, 3.63) is 47.8 Å². The molecule has 104 valence electrons. The second kappa shape index (κ2) is 4.47. The summed E-state index contributed by atoms with van der Waals surface area (Å²) in [7, 11) is 3.99. The minimum atomic E-state index is -0.329. The molecule has 0 aliphatic carbocycles. The molecular formula is C16H19N3O. The molecule has 1 aromatic heterocycles. The normalized spacial score (nSPS) is 19.3. The number of aromatic nitrogens is 2. The molecule has 2 aromatic rings. The van der Waals surface area contributed by atoms with E-state index in [0.29, 0.717) is 5.88 Å². The van der Waals surface area contributed by atoms with Gasteiger partial charge in [-0.2, -0.15) is 0 Å². The summed E-state index contributed by atoms with van der Waals surface area (Å²) in [6.07, 6.45) is 1.57. The molecule has 4 heteroatoms. The van der Waals surface area contributed by atoms with E-state index in [9.17, 15) is 0 Å². The molecule has 0 radical (unpaired) electrons. The fourth-order valence-electron chi connectivity index (χ4n) is 2.93. The molecule has 1 aromatic carbocycles. The summed E-state index contributed by atoms with van der Waals surface area (Å²) in [5.74, 6) is 1.76. The lowest BCUT2D eigenvalue weighted by atomic mass is 9.81. The van der Waals surface area contributed by atoms with E-state index in [2.05, 4.69) is 48.1 Å². The van der Waals surface area contributed by atoms with E-state index in [1.165, 1.54) is 5.56 Å². The molecule has 1 aliphatic rings. The topological polar surface area (TPSA) is 38.2 Å². The predicted octanol–water partition coefficient (Wildman–Crippen LogP) is 2.85. The monoisotopic (exact) mass is 269 g/mol. The number of rotatable bonds is 2. The van der Waals surface area contributed by atoms with Gasteiger partial charge in [-0.1, -0.05) is 30.3 Å². The maximum absolute atomic E-state index is 6.07. The van der Waals surface area contributed by atoms with Crippen LogP contribution < -0.4 is 9.64 Å². The first-order valence-electron chi connectivity index (χ1n) is 6.77. The van der Waals surface area contributed by atoms with Gasteiger partial charge in [-0.25, -0.2) is 9.97 Å². The van der Waals surface area contributed by atoms with Crippen molar-refractivity contribution >= 4 is 5.82 Å². The van der Waals surface area contributed by atoms with Crippen LogP contribution in [0, 0.1) is 0 Å². The Hall–Kier alpha value is -2.10. The highest BCUT2D eigenvalue weighted by Gasteiger charge is 2.45. The predicted molar refractivity (Wildman–Crippen MR) is 79.4 cm³/mol. The van der Waals surface area contributed by atoms with Crippen molar-refractivity contribution in [1.82, 2.24) is 9.97 Å². The van der Waals surface area contributed by atoms with Crippen LogP contribution in [0.4, 0.5) is 5.82 Å². The van der Waals surface area contributed by atoms with Crippen LogP contribution in [0.5, 0.6) is 5.88 Å². The molecule has 0 saturated carbocycles. The molecule has 1 unspecified atom stereocenters. The van der Waals surface area contributed by atoms with E-state index in [-0.39, 0.29) is 11.5 Å². The van der Waals surface area contributed by atoms with Gasteiger partial charge in [0.25, 0.3) is 0 Å². The molecule has 1 atom stereocenters. The van der Waals surface area contributed by atoms with Gasteiger partial charge in [0.15, 0.2) is 0 Å². The Morgan fingerprint density at radius 3 is 2.45 bits per heavy atom. The van der Waals surface area contributed by atoms with Crippen LogP contribution >= 0.6 is 0 Å². The van der Waals surface area contributed by atoms with Crippen LogP contribution in [0.3, 0.4) is 0 Å².